The number of ether oxygens (including phenoxy) is 3. The Kier molecular flexibility index (Phi) is 7.15. The molecular formula is C15H22O4. The molecule has 0 saturated heterocycles. The van der Waals surface area contributed by atoms with Crippen molar-refractivity contribution in [3.63, 3.8) is 0 Å². The molecule has 0 amide bonds. The maximum Gasteiger partial charge on any atom is 0.330 e. The number of carbonyl (C=O) groups excluding carboxylic acids is 1. The Labute approximate surface area is 114 Å². The van der Waals surface area contributed by atoms with Crippen LogP contribution in [0.1, 0.15) is 19.3 Å². The first-order chi connectivity index (χ1) is 9.19. The summed E-state index contributed by atoms with van der Waals surface area (Å²) >= 11 is 0. The molecule has 0 aromatic carbocycles. The molecule has 1 aliphatic carbocycles. The zero-order chi connectivity index (χ0) is 14.1. The summed E-state index contributed by atoms with van der Waals surface area (Å²) in [4.78, 5) is 11.3. The molecule has 1 rings (SSSR count). The molecule has 0 N–H and O–H groups in total. The van der Waals surface area contributed by atoms with Gasteiger partial charge < -0.3 is 14.2 Å². The first-order valence-electron chi connectivity index (χ1n) is 6.47. The summed E-state index contributed by atoms with van der Waals surface area (Å²) in [5.74, 6) is -0.406. The average Bonchev–Trinajstić information content (AvgIpc) is 2.42. The topological polar surface area (TPSA) is 44.8 Å². The van der Waals surface area contributed by atoms with Gasteiger partial charge in [-0.15, -0.1) is 13.2 Å². The van der Waals surface area contributed by atoms with Gasteiger partial charge >= 0.3 is 5.97 Å². The smallest absolute Gasteiger partial charge is 0.330 e. The Morgan fingerprint density at radius 2 is 1.42 bits per heavy atom. The Hall–Kier alpha value is -1.39. The van der Waals surface area contributed by atoms with E-state index in [4.69, 9.17) is 14.2 Å². The van der Waals surface area contributed by atoms with E-state index in [1.54, 1.807) is 12.2 Å². The summed E-state index contributed by atoms with van der Waals surface area (Å²) in [5, 5.41) is 0. The van der Waals surface area contributed by atoms with Crippen molar-refractivity contribution in [2.24, 2.45) is 0 Å². The summed E-state index contributed by atoms with van der Waals surface area (Å²) in [5.41, 5.74) is 0. The molecule has 4 heteroatoms. The first kappa shape index (κ1) is 15.7. The molecule has 4 nitrogen and oxygen atoms in total. The largest absolute Gasteiger partial charge is 0.459 e. The fraction of sp³-hybridized carbons (Fsp3) is 0.533. The fourth-order valence-electron chi connectivity index (χ4n) is 2.16. The minimum Gasteiger partial charge on any atom is -0.459 e. The number of hydrogen-bond donors (Lipinski definition) is 0. The van der Waals surface area contributed by atoms with Crippen LogP contribution < -0.4 is 0 Å². The van der Waals surface area contributed by atoms with Crippen LogP contribution in [0.25, 0.3) is 0 Å². The molecule has 0 heterocycles. The predicted octanol–water partition coefficient (Wildman–Crippen LogP) is 2.41. The van der Waals surface area contributed by atoms with Crippen molar-refractivity contribution in [1.29, 1.82) is 0 Å². The van der Waals surface area contributed by atoms with Crippen LogP contribution in [0.2, 0.25) is 0 Å². The number of hydrogen-bond acceptors (Lipinski definition) is 4. The maximum atomic E-state index is 11.3. The van der Waals surface area contributed by atoms with Crippen molar-refractivity contribution in [1.82, 2.24) is 0 Å². The lowest BCUT2D eigenvalue weighted by atomic mass is 9.92. The van der Waals surface area contributed by atoms with Crippen LogP contribution in [-0.4, -0.2) is 37.5 Å². The molecule has 2 unspecified atom stereocenters. The Balaban J connectivity index is 2.54. The van der Waals surface area contributed by atoms with Crippen LogP contribution in [0.15, 0.2) is 38.0 Å². The van der Waals surface area contributed by atoms with Crippen molar-refractivity contribution in [3.05, 3.63) is 38.0 Å². The highest BCUT2D eigenvalue weighted by Gasteiger charge is 2.31. The molecule has 0 aromatic rings. The molecule has 1 aliphatic rings. The summed E-state index contributed by atoms with van der Waals surface area (Å²) in [7, 11) is 0. The summed E-state index contributed by atoms with van der Waals surface area (Å²) in [6.07, 6.45) is 6.59. The highest BCUT2D eigenvalue weighted by molar-refractivity contribution is 5.81. The summed E-state index contributed by atoms with van der Waals surface area (Å²) in [6.45, 7) is 11.6. The van der Waals surface area contributed by atoms with Gasteiger partial charge in [0.05, 0.1) is 25.4 Å². The predicted molar refractivity (Wildman–Crippen MR) is 73.8 cm³/mol. The standard InChI is InChI=1S/C15H22O4/c1-4-7-17-12-9-13(18-8-5-2)11-14(10-12)19-15(16)6-3/h4-6,12-14H,1-3,7-11H2. The van der Waals surface area contributed by atoms with Crippen molar-refractivity contribution in [3.8, 4) is 0 Å². The molecule has 0 spiro atoms. The minimum atomic E-state index is -0.406. The molecular weight excluding hydrogens is 244 g/mol. The summed E-state index contributed by atoms with van der Waals surface area (Å²) < 4.78 is 16.6. The zero-order valence-corrected chi connectivity index (χ0v) is 11.3. The van der Waals surface area contributed by atoms with Crippen LogP contribution in [0, 0.1) is 0 Å². The molecule has 0 aromatic heterocycles. The molecule has 106 valence electrons. The van der Waals surface area contributed by atoms with E-state index in [1.165, 1.54) is 6.08 Å². The average molecular weight is 266 g/mol. The second-order valence-electron chi connectivity index (χ2n) is 4.46. The van der Waals surface area contributed by atoms with Gasteiger partial charge in [0.1, 0.15) is 6.10 Å². The Bertz CT molecular complexity index is 304. The molecule has 0 aliphatic heterocycles. The van der Waals surface area contributed by atoms with Crippen molar-refractivity contribution >= 4 is 5.97 Å². The van der Waals surface area contributed by atoms with E-state index in [-0.39, 0.29) is 18.3 Å². The second kappa shape index (κ2) is 8.67. The van der Waals surface area contributed by atoms with E-state index in [2.05, 4.69) is 19.7 Å². The third-order valence-corrected chi connectivity index (χ3v) is 2.93. The van der Waals surface area contributed by atoms with E-state index in [0.29, 0.717) is 26.1 Å². The lowest BCUT2D eigenvalue weighted by molar-refractivity contribution is -0.151. The molecule has 1 saturated carbocycles. The Morgan fingerprint density at radius 3 is 1.84 bits per heavy atom. The SMILES string of the molecule is C=CCOC1CC(OCC=C)CC(OC(=O)C=C)C1. The van der Waals surface area contributed by atoms with Gasteiger partial charge in [0.2, 0.25) is 0 Å². The van der Waals surface area contributed by atoms with E-state index in [0.717, 1.165) is 6.42 Å². The summed E-state index contributed by atoms with van der Waals surface area (Å²) in [6, 6.07) is 0. The van der Waals surface area contributed by atoms with Crippen molar-refractivity contribution in [2.45, 2.75) is 37.6 Å². The van der Waals surface area contributed by atoms with Gasteiger partial charge in [-0.1, -0.05) is 18.7 Å². The lowest BCUT2D eigenvalue weighted by Crippen LogP contribution is -2.38. The van der Waals surface area contributed by atoms with E-state index >= 15 is 0 Å². The van der Waals surface area contributed by atoms with E-state index < -0.39 is 5.97 Å². The van der Waals surface area contributed by atoms with Crippen LogP contribution >= 0.6 is 0 Å². The van der Waals surface area contributed by atoms with E-state index in [9.17, 15) is 4.79 Å². The minimum absolute atomic E-state index is 0.0178. The molecule has 1 fully saturated rings. The van der Waals surface area contributed by atoms with Gasteiger partial charge in [-0.25, -0.2) is 4.79 Å². The highest BCUT2D eigenvalue weighted by atomic mass is 16.6. The molecule has 19 heavy (non-hydrogen) atoms. The maximum absolute atomic E-state index is 11.3. The van der Waals surface area contributed by atoms with Gasteiger partial charge in [0.15, 0.2) is 0 Å². The number of esters is 1. The zero-order valence-electron chi connectivity index (χ0n) is 11.3. The molecule has 0 radical (unpaired) electrons. The highest BCUT2D eigenvalue weighted by Crippen LogP contribution is 2.26. The third kappa shape index (κ3) is 5.85. The van der Waals surface area contributed by atoms with Crippen LogP contribution in [0.4, 0.5) is 0 Å². The quantitative estimate of drug-likeness (QED) is 0.384. The van der Waals surface area contributed by atoms with Gasteiger partial charge in [-0.2, -0.15) is 0 Å². The van der Waals surface area contributed by atoms with Gasteiger partial charge in [-0.3, -0.25) is 0 Å². The molecule has 2 atom stereocenters. The second-order valence-corrected chi connectivity index (χ2v) is 4.46. The van der Waals surface area contributed by atoms with Crippen LogP contribution in [-0.2, 0) is 19.0 Å². The van der Waals surface area contributed by atoms with Crippen molar-refractivity contribution in [2.75, 3.05) is 13.2 Å². The number of carbonyl (C=O) groups is 1. The lowest BCUT2D eigenvalue weighted by Gasteiger charge is -2.33. The third-order valence-electron chi connectivity index (χ3n) is 2.93. The normalized spacial score (nSPS) is 26.4. The van der Waals surface area contributed by atoms with Gasteiger partial charge in [0.25, 0.3) is 0 Å². The van der Waals surface area contributed by atoms with Gasteiger partial charge in [0, 0.05) is 25.3 Å². The number of rotatable bonds is 8. The monoisotopic (exact) mass is 266 g/mol. The Morgan fingerprint density at radius 1 is 0.947 bits per heavy atom. The van der Waals surface area contributed by atoms with Crippen molar-refractivity contribution < 1.29 is 19.0 Å². The fourth-order valence-corrected chi connectivity index (χ4v) is 2.16. The van der Waals surface area contributed by atoms with Crippen LogP contribution in [0.3, 0.4) is 0 Å². The first-order valence-corrected chi connectivity index (χ1v) is 6.47. The van der Waals surface area contributed by atoms with E-state index in [1.807, 2.05) is 0 Å². The molecule has 0 bridgehead atoms. The van der Waals surface area contributed by atoms with Crippen LogP contribution in [0.5, 0.6) is 0 Å². The van der Waals surface area contributed by atoms with Gasteiger partial charge in [-0.05, 0) is 0 Å².